The topological polar surface area (TPSA) is 41.6 Å². The van der Waals surface area contributed by atoms with E-state index in [-0.39, 0.29) is 0 Å². The first kappa shape index (κ1) is 11.9. The zero-order valence-electron chi connectivity index (χ0n) is 8.42. The van der Waals surface area contributed by atoms with E-state index in [9.17, 15) is 0 Å². The molecule has 0 radical (unpaired) electrons. The number of rotatable bonds is 7. The summed E-state index contributed by atoms with van der Waals surface area (Å²) in [6, 6.07) is 0. The van der Waals surface area contributed by atoms with Gasteiger partial charge in [-0.15, -0.1) is 16.7 Å². The van der Waals surface area contributed by atoms with Crippen LogP contribution in [0.25, 0.3) is 0 Å². The van der Waals surface area contributed by atoms with Crippen molar-refractivity contribution >= 4 is 23.4 Å². The first-order valence-corrected chi connectivity index (χ1v) is 6.42. The molecule has 0 atom stereocenters. The van der Waals surface area contributed by atoms with Gasteiger partial charge in [0.1, 0.15) is 5.82 Å². The molecular formula is C9H16ClN3S. The van der Waals surface area contributed by atoms with E-state index in [0.717, 1.165) is 29.0 Å². The number of hydrogen-bond acceptors (Lipinski definition) is 3. The van der Waals surface area contributed by atoms with Crippen molar-refractivity contribution in [3.8, 4) is 0 Å². The highest BCUT2D eigenvalue weighted by Gasteiger charge is 1.99. The van der Waals surface area contributed by atoms with Gasteiger partial charge in [-0.3, -0.25) is 5.10 Å². The second-order valence-corrected chi connectivity index (χ2v) is 4.60. The molecule has 0 bridgehead atoms. The van der Waals surface area contributed by atoms with E-state index >= 15 is 0 Å². The van der Waals surface area contributed by atoms with Crippen LogP contribution in [0, 0.1) is 6.92 Å². The van der Waals surface area contributed by atoms with E-state index in [1.807, 2.05) is 6.92 Å². The van der Waals surface area contributed by atoms with Gasteiger partial charge in [0.25, 0.3) is 0 Å². The third kappa shape index (κ3) is 4.86. The Morgan fingerprint density at radius 1 is 1.29 bits per heavy atom. The van der Waals surface area contributed by atoms with Crippen molar-refractivity contribution in [2.24, 2.45) is 0 Å². The summed E-state index contributed by atoms with van der Waals surface area (Å²) in [4.78, 5) is 4.22. The van der Waals surface area contributed by atoms with Gasteiger partial charge < -0.3 is 0 Å². The van der Waals surface area contributed by atoms with E-state index < -0.39 is 0 Å². The molecule has 80 valence electrons. The molecule has 0 amide bonds. The van der Waals surface area contributed by atoms with Crippen molar-refractivity contribution < 1.29 is 0 Å². The summed E-state index contributed by atoms with van der Waals surface area (Å²) in [5.74, 6) is 2.77. The third-order valence-corrected chi connectivity index (χ3v) is 3.04. The van der Waals surface area contributed by atoms with Crippen LogP contribution < -0.4 is 0 Å². The van der Waals surface area contributed by atoms with Crippen LogP contribution in [0.4, 0.5) is 0 Å². The Hall–Kier alpha value is -0.220. The standard InChI is InChI=1S/C9H16ClN3S/c1-8-11-9(13-12-8)14-7-5-3-2-4-6-10/h2-7H2,1H3,(H,11,12,13). The molecule has 1 aromatic heterocycles. The third-order valence-electron chi connectivity index (χ3n) is 1.84. The SMILES string of the molecule is Cc1nc(SCCCCCCCl)n[nH]1. The summed E-state index contributed by atoms with van der Waals surface area (Å²) in [5, 5.41) is 7.75. The molecule has 1 aromatic rings. The molecular weight excluding hydrogens is 218 g/mol. The molecule has 0 aromatic carbocycles. The number of nitrogens with one attached hydrogen (secondary N) is 1. The lowest BCUT2D eigenvalue weighted by Crippen LogP contribution is -1.84. The quantitative estimate of drug-likeness (QED) is 0.447. The van der Waals surface area contributed by atoms with Gasteiger partial charge in [-0.1, -0.05) is 24.6 Å². The molecule has 5 heteroatoms. The van der Waals surface area contributed by atoms with E-state index in [4.69, 9.17) is 11.6 Å². The second-order valence-electron chi connectivity index (χ2n) is 3.16. The maximum absolute atomic E-state index is 5.58. The first-order chi connectivity index (χ1) is 6.83. The highest BCUT2D eigenvalue weighted by atomic mass is 35.5. The Morgan fingerprint density at radius 2 is 2.07 bits per heavy atom. The minimum atomic E-state index is 0.785. The number of aromatic nitrogens is 3. The van der Waals surface area contributed by atoms with Crippen molar-refractivity contribution in [3.05, 3.63) is 5.82 Å². The molecule has 14 heavy (non-hydrogen) atoms. The molecule has 1 N–H and O–H groups in total. The highest BCUT2D eigenvalue weighted by Crippen LogP contribution is 2.15. The average molecular weight is 234 g/mol. The fourth-order valence-corrected chi connectivity index (χ4v) is 2.13. The summed E-state index contributed by atoms with van der Waals surface area (Å²) in [6.45, 7) is 1.91. The van der Waals surface area contributed by atoms with Crippen molar-refractivity contribution in [1.29, 1.82) is 0 Å². The Balaban J connectivity index is 1.99. The molecule has 0 aliphatic heterocycles. The van der Waals surface area contributed by atoms with E-state index in [2.05, 4.69) is 15.2 Å². The Kier molecular flexibility index (Phi) is 6.03. The minimum Gasteiger partial charge on any atom is -0.262 e. The summed E-state index contributed by atoms with van der Waals surface area (Å²) >= 11 is 7.30. The smallest absolute Gasteiger partial charge is 0.208 e. The molecule has 0 spiro atoms. The fourth-order valence-electron chi connectivity index (χ4n) is 1.10. The van der Waals surface area contributed by atoms with Crippen molar-refractivity contribution in [2.45, 2.75) is 37.8 Å². The van der Waals surface area contributed by atoms with Crippen LogP contribution in [-0.2, 0) is 0 Å². The number of unbranched alkanes of at least 4 members (excludes halogenated alkanes) is 3. The Morgan fingerprint density at radius 3 is 2.71 bits per heavy atom. The zero-order valence-corrected chi connectivity index (χ0v) is 10.00. The average Bonchev–Trinajstić information content (AvgIpc) is 2.58. The second kappa shape index (κ2) is 7.12. The number of aromatic amines is 1. The lowest BCUT2D eigenvalue weighted by Gasteiger charge is -1.97. The number of aryl methyl sites for hydroxylation is 1. The first-order valence-electron chi connectivity index (χ1n) is 4.90. The predicted octanol–water partition coefficient (Wildman–Crippen LogP) is 3.00. The molecule has 0 saturated heterocycles. The van der Waals surface area contributed by atoms with Crippen LogP contribution in [0.1, 0.15) is 31.5 Å². The number of nitrogens with zero attached hydrogens (tertiary/aromatic N) is 2. The molecule has 3 nitrogen and oxygen atoms in total. The normalized spacial score (nSPS) is 10.7. The number of hydrogen-bond donors (Lipinski definition) is 1. The van der Waals surface area contributed by atoms with Crippen molar-refractivity contribution in [3.63, 3.8) is 0 Å². The van der Waals surface area contributed by atoms with Gasteiger partial charge in [-0.05, 0) is 19.8 Å². The van der Waals surface area contributed by atoms with E-state index in [0.29, 0.717) is 0 Å². The predicted molar refractivity (Wildman–Crippen MR) is 61.0 cm³/mol. The molecule has 0 saturated carbocycles. The fraction of sp³-hybridized carbons (Fsp3) is 0.778. The number of H-pyrrole nitrogens is 1. The van der Waals surface area contributed by atoms with E-state index in [1.54, 1.807) is 11.8 Å². The Bertz CT molecular complexity index is 252. The van der Waals surface area contributed by atoms with Gasteiger partial charge in [0, 0.05) is 11.6 Å². The summed E-state index contributed by atoms with van der Waals surface area (Å²) in [6.07, 6.45) is 4.83. The van der Waals surface area contributed by atoms with Gasteiger partial charge >= 0.3 is 0 Å². The zero-order chi connectivity index (χ0) is 10.2. The van der Waals surface area contributed by atoms with Gasteiger partial charge in [-0.25, -0.2) is 4.98 Å². The lowest BCUT2D eigenvalue weighted by molar-refractivity contribution is 0.709. The van der Waals surface area contributed by atoms with Crippen LogP contribution in [0.2, 0.25) is 0 Å². The minimum absolute atomic E-state index is 0.785. The van der Waals surface area contributed by atoms with Gasteiger partial charge in [0.05, 0.1) is 0 Å². The van der Waals surface area contributed by atoms with Crippen molar-refractivity contribution in [1.82, 2.24) is 15.2 Å². The largest absolute Gasteiger partial charge is 0.262 e. The van der Waals surface area contributed by atoms with Gasteiger partial charge in [-0.2, -0.15) is 0 Å². The monoisotopic (exact) mass is 233 g/mol. The van der Waals surface area contributed by atoms with Gasteiger partial charge in [0.15, 0.2) is 0 Å². The maximum Gasteiger partial charge on any atom is 0.208 e. The molecule has 0 unspecified atom stereocenters. The van der Waals surface area contributed by atoms with E-state index in [1.165, 1.54) is 19.3 Å². The number of alkyl halides is 1. The van der Waals surface area contributed by atoms with Crippen LogP contribution in [-0.4, -0.2) is 26.8 Å². The highest BCUT2D eigenvalue weighted by molar-refractivity contribution is 7.99. The summed E-state index contributed by atoms with van der Waals surface area (Å²) < 4.78 is 0. The van der Waals surface area contributed by atoms with Gasteiger partial charge in [0.2, 0.25) is 5.16 Å². The molecule has 0 aliphatic rings. The molecule has 0 fully saturated rings. The van der Waals surface area contributed by atoms with Crippen LogP contribution in [0.5, 0.6) is 0 Å². The number of thioether (sulfide) groups is 1. The Labute approximate surface area is 94.0 Å². The van der Waals surface area contributed by atoms with Crippen molar-refractivity contribution in [2.75, 3.05) is 11.6 Å². The number of halogens is 1. The summed E-state index contributed by atoms with van der Waals surface area (Å²) in [7, 11) is 0. The summed E-state index contributed by atoms with van der Waals surface area (Å²) in [5.41, 5.74) is 0. The molecule has 1 heterocycles. The molecule has 1 rings (SSSR count). The maximum atomic E-state index is 5.58. The lowest BCUT2D eigenvalue weighted by atomic mass is 10.2. The molecule has 0 aliphatic carbocycles. The van der Waals surface area contributed by atoms with Crippen LogP contribution in [0.3, 0.4) is 0 Å². The van der Waals surface area contributed by atoms with Crippen LogP contribution in [0.15, 0.2) is 5.16 Å². The van der Waals surface area contributed by atoms with Crippen LogP contribution >= 0.6 is 23.4 Å².